The molecule has 5 nitrogen and oxygen atoms in total. The van der Waals surface area contributed by atoms with Crippen molar-refractivity contribution in [3.8, 4) is 11.5 Å². The summed E-state index contributed by atoms with van der Waals surface area (Å²) in [7, 11) is 0. The van der Waals surface area contributed by atoms with E-state index in [0.717, 1.165) is 30.9 Å². The van der Waals surface area contributed by atoms with Crippen LogP contribution in [0.2, 0.25) is 0 Å². The summed E-state index contributed by atoms with van der Waals surface area (Å²) in [6.07, 6.45) is 3.47. The molecule has 0 unspecified atom stereocenters. The van der Waals surface area contributed by atoms with Crippen LogP contribution in [0.5, 0.6) is 11.5 Å². The van der Waals surface area contributed by atoms with Crippen LogP contribution in [0.1, 0.15) is 26.2 Å². The zero-order valence-electron chi connectivity index (χ0n) is 11.7. The minimum absolute atomic E-state index is 0.0300. The molecule has 0 aromatic heterocycles. The second kappa shape index (κ2) is 5.61. The molecule has 0 saturated heterocycles. The molecule has 0 atom stereocenters. The first-order valence-electron chi connectivity index (χ1n) is 7.22. The number of hydrogen-bond donors (Lipinski definition) is 1. The maximum absolute atomic E-state index is 12.3. The van der Waals surface area contributed by atoms with E-state index in [1.54, 1.807) is 0 Å². The van der Waals surface area contributed by atoms with Crippen LogP contribution in [-0.2, 0) is 0 Å². The third-order valence-corrected chi connectivity index (χ3v) is 3.58. The summed E-state index contributed by atoms with van der Waals surface area (Å²) in [5.74, 6) is 2.11. The smallest absolute Gasteiger partial charge is 0.321 e. The number of urea groups is 1. The maximum Gasteiger partial charge on any atom is 0.321 e. The number of anilines is 1. The Bertz CT molecular complexity index is 500. The maximum atomic E-state index is 12.3. The van der Waals surface area contributed by atoms with Gasteiger partial charge in [-0.25, -0.2) is 4.79 Å². The van der Waals surface area contributed by atoms with Gasteiger partial charge in [-0.1, -0.05) is 6.92 Å². The Labute approximate surface area is 118 Å². The van der Waals surface area contributed by atoms with E-state index in [4.69, 9.17) is 9.47 Å². The van der Waals surface area contributed by atoms with Crippen molar-refractivity contribution >= 4 is 11.7 Å². The fourth-order valence-corrected chi connectivity index (χ4v) is 2.33. The van der Waals surface area contributed by atoms with E-state index in [-0.39, 0.29) is 12.8 Å². The van der Waals surface area contributed by atoms with Crippen LogP contribution >= 0.6 is 0 Å². The molecule has 2 amide bonds. The average molecular weight is 276 g/mol. The fourth-order valence-electron chi connectivity index (χ4n) is 2.33. The first-order chi connectivity index (χ1) is 9.76. The van der Waals surface area contributed by atoms with Crippen molar-refractivity contribution in [2.75, 3.05) is 25.2 Å². The lowest BCUT2D eigenvalue weighted by Gasteiger charge is -2.22. The summed E-state index contributed by atoms with van der Waals surface area (Å²) in [6, 6.07) is 5.44. The molecule has 20 heavy (non-hydrogen) atoms. The summed E-state index contributed by atoms with van der Waals surface area (Å²) < 4.78 is 10.6. The monoisotopic (exact) mass is 276 g/mol. The number of ether oxygens (including phenoxy) is 2. The van der Waals surface area contributed by atoms with Gasteiger partial charge in [-0.3, -0.25) is 0 Å². The lowest BCUT2D eigenvalue weighted by Crippen LogP contribution is -2.37. The molecule has 1 aromatic carbocycles. The molecule has 1 aliphatic carbocycles. The summed E-state index contributed by atoms with van der Waals surface area (Å²) in [5.41, 5.74) is 0.746. The van der Waals surface area contributed by atoms with Gasteiger partial charge in [0, 0.05) is 24.8 Å². The number of carbonyl (C=O) groups is 1. The van der Waals surface area contributed by atoms with E-state index < -0.39 is 0 Å². The lowest BCUT2D eigenvalue weighted by molar-refractivity contribution is 0.174. The summed E-state index contributed by atoms with van der Waals surface area (Å²) in [5, 5.41) is 2.94. The van der Waals surface area contributed by atoms with Crippen molar-refractivity contribution in [1.82, 2.24) is 4.90 Å². The molecule has 0 radical (unpaired) electrons. The first kappa shape index (κ1) is 13.1. The van der Waals surface area contributed by atoms with Gasteiger partial charge in [-0.15, -0.1) is 0 Å². The predicted octanol–water partition coefficient (Wildman–Crippen LogP) is 3.07. The minimum Gasteiger partial charge on any atom is -0.454 e. The SMILES string of the molecule is CCCN(CC1CC1)C(=O)Nc1ccc2c(c1)OCO2. The van der Waals surface area contributed by atoms with Crippen molar-refractivity contribution < 1.29 is 14.3 Å². The van der Waals surface area contributed by atoms with Crippen molar-refractivity contribution in [2.45, 2.75) is 26.2 Å². The van der Waals surface area contributed by atoms with Gasteiger partial charge in [0.25, 0.3) is 0 Å². The summed E-state index contributed by atoms with van der Waals surface area (Å²) >= 11 is 0. The van der Waals surface area contributed by atoms with Gasteiger partial charge in [0.2, 0.25) is 6.79 Å². The predicted molar refractivity (Wildman–Crippen MR) is 76.2 cm³/mol. The van der Waals surface area contributed by atoms with Gasteiger partial charge in [0.15, 0.2) is 11.5 Å². The number of benzene rings is 1. The molecule has 0 spiro atoms. The van der Waals surface area contributed by atoms with E-state index in [1.807, 2.05) is 23.1 Å². The normalized spacial score (nSPS) is 16.1. The molecule has 1 aliphatic heterocycles. The molecule has 1 saturated carbocycles. The Kier molecular flexibility index (Phi) is 3.67. The third kappa shape index (κ3) is 2.98. The summed E-state index contributed by atoms with van der Waals surface area (Å²) in [4.78, 5) is 14.2. The fraction of sp³-hybridized carbons (Fsp3) is 0.533. The van der Waals surface area contributed by atoms with Crippen LogP contribution in [0.3, 0.4) is 0 Å². The minimum atomic E-state index is -0.0300. The van der Waals surface area contributed by atoms with Crippen LogP contribution < -0.4 is 14.8 Å². The number of hydrogen-bond acceptors (Lipinski definition) is 3. The van der Waals surface area contributed by atoms with Crippen molar-refractivity contribution in [3.05, 3.63) is 18.2 Å². The Balaban J connectivity index is 1.64. The van der Waals surface area contributed by atoms with E-state index in [0.29, 0.717) is 11.7 Å². The largest absolute Gasteiger partial charge is 0.454 e. The van der Waals surface area contributed by atoms with Crippen LogP contribution in [0.4, 0.5) is 10.5 Å². The van der Waals surface area contributed by atoms with E-state index >= 15 is 0 Å². The lowest BCUT2D eigenvalue weighted by atomic mass is 10.3. The highest BCUT2D eigenvalue weighted by molar-refractivity contribution is 5.89. The Morgan fingerprint density at radius 2 is 2.15 bits per heavy atom. The molecule has 1 fully saturated rings. The Morgan fingerprint density at radius 3 is 2.90 bits per heavy atom. The van der Waals surface area contributed by atoms with Gasteiger partial charge in [0.1, 0.15) is 0 Å². The Morgan fingerprint density at radius 1 is 1.35 bits per heavy atom. The standard InChI is InChI=1S/C15H20N2O3/c1-2-7-17(9-11-3-4-11)15(18)16-12-5-6-13-14(8-12)20-10-19-13/h5-6,8,11H,2-4,7,9-10H2,1H3,(H,16,18). The van der Waals surface area contributed by atoms with E-state index in [2.05, 4.69) is 12.2 Å². The van der Waals surface area contributed by atoms with Crippen LogP contribution in [0.15, 0.2) is 18.2 Å². The van der Waals surface area contributed by atoms with E-state index in [9.17, 15) is 4.79 Å². The molecule has 1 N–H and O–H groups in total. The first-order valence-corrected chi connectivity index (χ1v) is 7.22. The highest BCUT2D eigenvalue weighted by atomic mass is 16.7. The van der Waals surface area contributed by atoms with Crippen LogP contribution in [-0.4, -0.2) is 30.8 Å². The average Bonchev–Trinajstić information content (AvgIpc) is 3.13. The number of nitrogens with one attached hydrogen (secondary N) is 1. The zero-order chi connectivity index (χ0) is 13.9. The Hall–Kier alpha value is -1.91. The number of rotatable bonds is 5. The van der Waals surface area contributed by atoms with Crippen LogP contribution in [0.25, 0.3) is 0 Å². The van der Waals surface area contributed by atoms with Gasteiger partial charge >= 0.3 is 6.03 Å². The number of carbonyl (C=O) groups excluding carboxylic acids is 1. The van der Waals surface area contributed by atoms with Gasteiger partial charge in [0.05, 0.1) is 0 Å². The van der Waals surface area contributed by atoms with E-state index in [1.165, 1.54) is 12.8 Å². The molecule has 0 bridgehead atoms. The van der Waals surface area contributed by atoms with Gasteiger partial charge in [-0.2, -0.15) is 0 Å². The van der Waals surface area contributed by atoms with Gasteiger partial charge in [-0.05, 0) is 37.3 Å². The molecule has 108 valence electrons. The third-order valence-electron chi connectivity index (χ3n) is 3.58. The second-order valence-electron chi connectivity index (χ2n) is 5.39. The van der Waals surface area contributed by atoms with Crippen molar-refractivity contribution in [3.63, 3.8) is 0 Å². The molecule has 1 heterocycles. The highest BCUT2D eigenvalue weighted by Gasteiger charge is 2.26. The summed E-state index contributed by atoms with van der Waals surface area (Å²) in [6.45, 7) is 4.00. The molecular weight excluding hydrogens is 256 g/mol. The molecule has 3 rings (SSSR count). The van der Waals surface area contributed by atoms with Gasteiger partial charge < -0.3 is 19.7 Å². The topological polar surface area (TPSA) is 50.8 Å². The zero-order valence-corrected chi connectivity index (χ0v) is 11.7. The molecule has 1 aromatic rings. The molecule has 5 heteroatoms. The quantitative estimate of drug-likeness (QED) is 0.899. The highest BCUT2D eigenvalue weighted by Crippen LogP contribution is 2.34. The number of nitrogens with zero attached hydrogens (tertiary/aromatic N) is 1. The van der Waals surface area contributed by atoms with Crippen LogP contribution in [0, 0.1) is 5.92 Å². The van der Waals surface area contributed by atoms with Crippen molar-refractivity contribution in [1.29, 1.82) is 0 Å². The van der Waals surface area contributed by atoms with Crippen molar-refractivity contribution in [2.24, 2.45) is 5.92 Å². The number of amides is 2. The molecule has 2 aliphatic rings. The molecular formula is C15H20N2O3. The second-order valence-corrected chi connectivity index (χ2v) is 5.39. The number of fused-ring (bicyclic) bond motifs is 1.